The Kier molecular flexibility index (Phi) is 7.28. The van der Waals surface area contributed by atoms with Gasteiger partial charge in [-0.05, 0) is 49.6 Å². The molecule has 1 heterocycles. The summed E-state index contributed by atoms with van der Waals surface area (Å²) in [5, 5.41) is 3.19. The summed E-state index contributed by atoms with van der Waals surface area (Å²) in [6.45, 7) is 6.06. The Balaban J connectivity index is 1.49. The van der Waals surface area contributed by atoms with Crippen molar-refractivity contribution < 1.29 is 9.53 Å². The normalized spacial score (nSPS) is 15.4. The van der Waals surface area contributed by atoms with Crippen LogP contribution in [0.2, 0.25) is 0 Å². The number of rotatable bonds is 8. The summed E-state index contributed by atoms with van der Waals surface area (Å²) in [6, 6.07) is 17.8. The zero-order chi connectivity index (χ0) is 18.9. The van der Waals surface area contributed by atoms with Gasteiger partial charge in [0.05, 0.1) is 0 Å². The molecule has 1 aliphatic heterocycles. The molecular weight excluding hydrogens is 336 g/mol. The van der Waals surface area contributed by atoms with Crippen molar-refractivity contribution in [2.24, 2.45) is 0 Å². The van der Waals surface area contributed by atoms with Crippen molar-refractivity contribution in [3.63, 3.8) is 0 Å². The highest BCUT2D eigenvalue weighted by Crippen LogP contribution is 2.17. The molecule has 0 unspecified atom stereocenters. The quantitative estimate of drug-likeness (QED) is 0.759. The standard InChI is InChI=1S/C23H30N2O2/c1-2-3-14-25-15-12-21(13-16-25)24-23(26)20-10-7-11-22(17-20)27-18-19-8-5-4-6-9-19/h4-11,17,21H,2-3,12-16,18H2,1H3,(H,24,26). The van der Waals surface area contributed by atoms with Crippen LogP contribution in [0, 0.1) is 0 Å². The van der Waals surface area contributed by atoms with Gasteiger partial charge in [-0.15, -0.1) is 0 Å². The van der Waals surface area contributed by atoms with Crippen LogP contribution in [-0.4, -0.2) is 36.5 Å². The van der Waals surface area contributed by atoms with Crippen molar-refractivity contribution in [3.05, 3.63) is 65.7 Å². The van der Waals surface area contributed by atoms with E-state index in [0.29, 0.717) is 12.2 Å². The van der Waals surface area contributed by atoms with E-state index in [-0.39, 0.29) is 11.9 Å². The zero-order valence-corrected chi connectivity index (χ0v) is 16.2. The van der Waals surface area contributed by atoms with Gasteiger partial charge in [0.25, 0.3) is 5.91 Å². The lowest BCUT2D eigenvalue weighted by atomic mass is 10.0. The van der Waals surface area contributed by atoms with Crippen LogP contribution in [0.5, 0.6) is 5.75 Å². The molecule has 4 heteroatoms. The minimum atomic E-state index is -0.00725. The second kappa shape index (κ2) is 10.1. The largest absolute Gasteiger partial charge is 0.489 e. The number of nitrogens with one attached hydrogen (secondary N) is 1. The van der Waals surface area contributed by atoms with E-state index in [0.717, 1.165) is 37.2 Å². The first-order chi connectivity index (χ1) is 13.2. The third-order valence-electron chi connectivity index (χ3n) is 5.10. The van der Waals surface area contributed by atoms with Crippen LogP contribution < -0.4 is 10.1 Å². The van der Waals surface area contributed by atoms with Crippen LogP contribution in [-0.2, 0) is 6.61 Å². The van der Waals surface area contributed by atoms with E-state index < -0.39 is 0 Å². The monoisotopic (exact) mass is 366 g/mol. The summed E-state index contributed by atoms with van der Waals surface area (Å²) in [5.41, 5.74) is 1.77. The average Bonchev–Trinajstić information content (AvgIpc) is 2.73. The minimum Gasteiger partial charge on any atom is -0.489 e. The Morgan fingerprint density at radius 3 is 2.63 bits per heavy atom. The van der Waals surface area contributed by atoms with Gasteiger partial charge in [0.1, 0.15) is 12.4 Å². The number of carbonyl (C=O) groups is 1. The van der Waals surface area contributed by atoms with Crippen molar-refractivity contribution in [1.82, 2.24) is 10.2 Å². The molecule has 1 saturated heterocycles. The van der Waals surface area contributed by atoms with Crippen LogP contribution in [0.4, 0.5) is 0 Å². The highest BCUT2D eigenvalue weighted by atomic mass is 16.5. The van der Waals surface area contributed by atoms with E-state index in [9.17, 15) is 4.79 Å². The number of benzene rings is 2. The molecule has 0 bridgehead atoms. The predicted octanol–water partition coefficient (Wildman–Crippen LogP) is 4.26. The molecule has 144 valence electrons. The van der Waals surface area contributed by atoms with Gasteiger partial charge in [0.2, 0.25) is 0 Å². The van der Waals surface area contributed by atoms with Gasteiger partial charge in [0.15, 0.2) is 0 Å². The van der Waals surface area contributed by atoms with Crippen LogP contribution >= 0.6 is 0 Å². The molecule has 0 radical (unpaired) electrons. The molecular formula is C23H30N2O2. The van der Waals surface area contributed by atoms with Gasteiger partial charge < -0.3 is 15.0 Å². The Morgan fingerprint density at radius 2 is 1.89 bits per heavy atom. The number of carbonyl (C=O) groups excluding carboxylic acids is 1. The fourth-order valence-corrected chi connectivity index (χ4v) is 3.42. The summed E-state index contributed by atoms with van der Waals surface area (Å²) in [4.78, 5) is 15.1. The molecule has 2 aromatic carbocycles. The second-order valence-corrected chi connectivity index (χ2v) is 7.25. The average molecular weight is 367 g/mol. The maximum atomic E-state index is 12.6. The predicted molar refractivity (Wildman–Crippen MR) is 109 cm³/mol. The van der Waals surface area contributed by atoms with Crippen molar-refractivity contribution in [2.45, 2.75) is 45.3 Å². The number of unbranched alkanes of at least 4 members (excludes halogenated alkanes) is 1. The number of ether oxygens (including phenoxy) is 1. The summed E-state index contributed by atoms with van der Waals surface area (Å²) >= 11 is 0. The topological polar surface area (TPSA) is 41.6 Å². The van der Waals surface area contributed by atoms with Gasteiger partial charge in [-0.2, -0.15) is 0 Å². The maximum absolute atomic E-state index is 12.6. The maximum Gasteiger partial charge on any atom is 0.251 e. The van der Waals surface area contributed by atoms with E-state index in [2.05, 4.69) is 17.1 Å². The lowest BCUT2D eigenvalue weighted by molar-refractivity contribution is 0.0910. The van der Waals surface area contributed by atoms with Crippen molar-refractivity contribution in [1.29, 1.82) is 0 Å². The SMILES string of the molecule is CCCCN1CCC(NC(=O)c2cccc(OCc3ccccc3)c2)CC1. The van der Waals surface area contributed by atoms with Crippen molar-refractivity contribution >= 4 is 5.91 Å². The summed E-state index contributed by atoms with van der Waals surface area (Å²) in [5.74, 6) is 0.716. The van der Waals surface area contributed by atoms with Gasteiger partial charge in [-0.1, -0.05) is 49.7 Å². The fourth-order valence-electron chi connectivity index (χ4n) is 3.42. The minimum absolute atomic E-state index is 0.00725. The first kappa shape index (κ1) is 19.4. The molecule has 0 atom stereocenters. The Morgan fingerprint density at radius 1 is 1.11 bits per heavy atom. The van der Waals surface area contributed by atoms with E-state index in [1.807, 2.05) is 54.6 Å². The summed E-state index contributed by atoms with van der Waals surface area (Å²) in [6.07, 6.45) is 4.55. The Bertz CT molecular complexity index is 709. The summed E-state index contributed by atoms with van der Waals surface area (Å²) < 4.78 is 5.84. The first-order valence-electron chi connectivity index (χ1n) is 10.0. The van der Waals surface area contributed by atoms with Crippen molar-refractivity contribution in [3.8, 4) is 5.75 Å². The molecule has 0 saturated carbocycles. The summed E-state index contributed by atoms with van der Waals surface area (Å²) in [7, 11) is 0. The van der Waals surface area contributed by atoms with E-state index in [1.165, 1.54) is 19.4 Å². The van der Waals surface area contributed by atoms with Crippen LogP contribution in [0.25, 0.3) is 0 Å². The molecule has 1 aliphatic rings. The highest BCUT2D eigenvalue weighted by Gasteiger charge is 2.20. The van der Waals surface area contributed by atoms with Crippen LogP contribution in [0.15, 0.2) is 54.6 Å². The molecule has 1 amide bonds. The van der Waals surface area contributed by atoms with Crippen LogP contribution in [0.3, 0.4) is 0 Å². The highest BCUT2D eigenvalue weighted by molar-refractivity contribution is 5.94. The number of nitrogens with zero attached hydrogens (tertiary/aromatic N) is 1. The lowest BCUT2D eigenvalue weighted by Gasteiger charge is -2.32. The van der Waals surface area contributed by atoms with Gasteiger partial charge in [-0.3, -0.25) is 4.79 Å². The molecule has 0 aromatic heterocycles. The van der Waals surface area contributed by atoms with Gasteiger partial charge in [0, 0.05) is 24.7 Å². The number of likely N-dealkylation sites (tertiary alicyclic amines) is 1. The van der Waals surface area contributed by atoms with Crippen LogP contribution in [0.1, 0.15) is 48.5 Å². The molecule has 0 spiro atoms. The molecule has 0 aliphatic carbocycles. The number of piperidine rings is 1. The Hall–Kier alpha value is -2.33. The van der Waals surface area contributed by atoms with Gasteiger partial charge in [-0.25, -0.2) is 0 Å². The van der Waals surface area contributed by atoms with E-state index >= 15 is 0 Å². The lowest BCUT2D eigenvalue weighted by Crippen LogP contribution is -2.44. The first-order valence-corrected chi connectivity index (χ1v) is 10.0. The molecule has 27 heavy (non-hydrogen) atoms. The third-order valence-corrected chi connectivity index (χ3v) is 5.10. The van der Waals surface area contributed by atoms with E-state index in [1.54, 1.807) is 0 Å². The zero-order valence-electron chi connectivity index (χ0n) is 16.2. The third kappa shape index (κ3) is 6.10. The fraction of sp³-hybridized carbons (Fsp3) is 0.435. The van der Waals surface area contributed by atoms with E-state index in [4.69, 9.17) is 4.74 Å². The Labute approximate surface area is 162 Å². The number of amides is 1. The van der Waals surface area contributed by atoms with Crippen molar-refractivity contribution in [2.75, 3.05) is 19.6 Å². The molecule has 4 nitrogen and oxygen atoms in total. The van der Waals surface area contributed by atoms with Gasteiger partial charge >= 0.3 is 0 Å². The molecule has 2 aromatic rings. The number of hydrogen-bond donors (Lipinski definition) is 1. The number of hydrogen-bond acceptors (Lipinski definition) is 3. The molecule has 3 rings (SSSR count). The second-order valence-electron chi connectivity index (χ2n) is 7.25. The smallest absolute Gasteiger partial charge is 0.251 e. The molecule has 1 fully saturated rings. The molecule has 1 N–H and O–H groups in total.